The van der Waals surface area contributed by atoms with E-state index in [1.165, 1.54) is 31.4 Å². The normalized spacial score (nSPS) is 14.9. The highest BCUT2D eigenvalue weighted by atomic mass is 16.7. The predicted octanol–water partition coefficient (Wildman–Crippen LogP) is 3.90. The molecule has 0 spiro atoms. The second-order valence-corrected chi connectivity index (χ2v) is 7.32. The summed E-state index contributed by atoms with van der Waals surface area (Å²) in [6, 6.07) is 14.5. The molecule has 164 valence electrons. The second-order valence-electron chi connectivity index (χ2n) is 7.32. The zero-order chi connectivity index (χ0) is 22.7. The van der Waals surface area contributed by atoms with Crippen molar-refractivity contribution >= 4 is 23.3 Å². The summed E-state index contributed by atoms with van der Waals surface area (Å²) in [7, 11) is 1.55. The van der Waals surface area contributed by atoms with Gasteiger partial charge in [-0.05, 0) is 24.3 Å². The fourth-order valence-electron chi connectivity index (χ4n) is 3.11. The summed E-state index contributed by atoms with van der Waals surface area (Å²) in [6.45, 7) is 2.99. The molecular formula is C23H21N3O6. The maximum Gasteiger partial charge on any atom is 0.350 e. The third-order valence-corrected chi connectivity index (χ3v) is 4.56. The van der Waals surface area contributed by atoms with Crippen LogP contribution in [0.2, 0.25) is 0 Å². The number of anilines is 2. The van der Waals surface area contributed by atoms with Gasteiger partial charge in [0.15, 0.2) is 17.7 Å². The minimum atomic E-state index is -1.32. The van der Waals surface area contributed by atoms with Crippen molar-refractivity contribution in [1.82, 2.24) is 4.98 Å². The number of esters is 2. The van der Waals surface area contributed by atoms with Crippen LogP contribution in [0, 0.1) is 0 Å². The minimum Gasteiger partial charge on any atom is -0.496 e. The lowest BCUT2D eigenvalue weighted by Crippen LogP contribution is -2.42. The van der Waals surface area contributed by atoms with Crippen LogP contribution in [0.1, 0.15) is 13.8 Å². The summed E-state index contributed by atoms with van der Waals surface area (Å²) in [5.74, 6) is -1.75. The highest BCUT2D eigenvalue weighted by Gasteiger charge is 2.39. The van der Waals surface area contributed by atoms with Crippen molar-refractivity contribution in [1.29, 1.82) is 0 Å². The molecule has 1 N–H and O–H groups in total. The highest BCUT2D eigenvalue weighted by molar-refractivity contribution is 6.15. The molecule has 9 nitrogen and oxygen atoms in total. The van der Waals surface area contributed by atoms with Crippen LogP contribution in [-0.2, 0) is 19.1 Å². The largest absolute Gasteiger partial charge is 0.496 e. The molecule has 0 unspecified atom stereocenters. The van der Waals surface area contributed by atoms with E-state index in [4.69, 9.17) is 18.6 Å². The molecular weight excluding hydrogens is 414 g/mol. The van der Waals surface area contributed by atoms with Gasteiger partial charge >= 0.3 is 11.9 Å². The average Bonchev–Trinajstić information content (AvgIpc) is 3.30. The number of oxazole rings is 1. The molecule has 4 rings (SSSR count). The van der Waals surface area contributed by atoms with Gasteiger partial charge in [0.05, 0.1) is 30.2 Å². The molecule has 0 saturated carbocycles. The number of nitrogens with zero attached hydrogens (tertiary/aromatic N) is 2. The number of nitrogens with one attached hydrogen (secondary N) is 1. The fourth-order valence-corrected chi connectivity index (χ4v) is 3.11. The molecule has 1 aromatic heterocycles. The average molecular weight is 435 g/mol. The number of hydrogen-bond acceptors (Lipinski definition) is 9. The monoisotopic (exact) mass is 435 g/mol. The maximum absolute atomic E-state index is 12.4. The number of ether oxygens (including phenoxy) is 3. The summed E-state index contributed by atoms with van der Waals surface area (Å²) >= 11 is 0. The van der Waals surface area contributed by atoms with E-state index < -0.39 is 17.7 Å². The van der Waals surface area contributed by atoms with E-state index >= 15 is 0 Å². The van der Waals surface area contributed by atoms with Gasteiger partial charge in [0.25, 0.3) is 5.79 Å². The van der Waals surface area contributed by atoms with E-state index in [0.29, 0.717) is 22.9 Å². The minimum absolute atomic E-state index is 0.245. The zero-order valence-corrected chi connectivity index (χ0v) is 17.7. The highest BCUT2D eigenvalue weighted by Crippen LogP contribution is 2.33. The molecule has 2 aromatic carbocycles. The Morgan fingerprint density at radius 1 is 1.06 bits per heavy atom. The molecule has 0 amide bonds. The molecule has 2 heterocycles. The van der Waals surface area contributed by atoms with Crippen LogP contribution in [0.25, 0.3) is 11.3 Å². The van der Waals surface area contributed by atoms with Crippen molar-refractivity contribution in [3.05, 3.63) is 72.9 Å². The van der Waals surface area contributed by atoms with Crippen molar-refractivity contribution < 1.29 is 28.2 Å². The van der Waals surface area contributed by atoms with Gasteiger partial charge in [-0.1, -0.05) is 18.2 Å². The van der Waals surface area contributed by atoms with Crippen LogP contribution < -0.4 is 15.2 Å². The quantitative estimate of drug-likeness (QED) is 0.267. The molecule has 3 aromatic rings. The Bertz CT molecular complexity index is 1130. The number of cyclic esters (lactones) is 2. The molecule has 1 fully saturated rings. The number of carbonyl (C=O) groups is 2. The van der Waals surface area contributed by atoms with Crippen LogP contribution in [0.4, 0.5) is 11.4 Å². The van der Waals surface area contributed by atoms with Gasteiger partial charge in [0.1, 0.15) is 5.75 Å². The number of rotatable bonds is 6. The van der Waals surface area contributed by atoms with Crippen LogP contribution in [0.15, 0.2) is 77.3 Å². The van der Waals surface area contributed by atoms with Gasteiger partial charge in [-0.25, -0.2) is 14.6 Å². The lowest BCUT2D eigenvalue weighted by molar-refractivity contribution is -0.222. The fraction of sp³-hybridized carbons (Fsp3) is 0.174. The van der Waals surface area contributed by atoms with Crippen molar-refractivity contribution in [3.63, 3.8) is 0 Å². The number of aromatic nitrogens is 1. The Kier molecular flexibility index (Phi) is 5.55. The number of benzene rings is 2. The van der Waals surface area contributed by atoms with Crippen LogP contribution in [0.5, 0.6) is 5.75 Å². The first-order valence-corrected chi connectivity index (χ1v) is 9.72. The summed E-state index contributed by atoms with van der Waals surface area (Å²) in [6.07, 6.45) is 4.27. The molecule has 1 aliphatic rings. The van der Waals surface area contributed by atoms with Crippen molar-refractivity contribution in [3.8, 4) is 17.1 Å². The van der Waals surface area contributed by atoms with Gasteiger partial charge in [0.2, 0.25) is 0 Å². The molecule has 0 radical (unpaired) electrons. The van der Waals surface area contributed by atoms with E-state index in [0.717, 1.165) is 5.56 Å². The van der Waals surface area contributed by atoms with E-state index in [2.05, 4.69) is 10.4 Å². The maximum atomic E-state index is 12.4. The number of para-hydroxylation sites is 1. The lowest BCUT2D eigenvalue weighted by Gasteiger charge is -2.31. The van der Waals surface area contributed by atoms with Gasteiger partial charge in [-0.3, -0.25) is 10.4 Å². The summed E-state index contributed by atoms with van der Waals surface area (Å²) in [5, 5.41) is 1.53. The van der Waals surface area contributed by atoms with E-state index in [-0.39, 0.29) is 5.57 Å². The van der Waals surface area contributed by atoms with E-state index in [1.807, 2.05) is 36.4 Å². The third-order valence-electron chi connectivity index (χ3n) is 4.56. The topological polar surface area (TPSA) is 103 Å². The lowest BCUT2D eigenvalue weighted by atomic mass is 10.1. The number of carbonyl (C=O) groups excluding carboxylic acids is 2. The molecule has 0 aliphatic carbocycles. The Labute approximate surface area is 184 Å². The van der Waals surface area contributed by atoms with Crippen LogP contribution in [-0.4, -0.2) is 29.8 Å². The molecule has 9 heteroatoms. The van der Waals surface area contributed by atoms with E-state index in [1.54, 1.807) is 25.4 Å². The molecule has 0 bridgehead atoms. The van der Waals surface area contributed by atoms with Gasteiger partial charge < -0.3 is 18.6 Å². The molecule has 1 aliphatic heterocycles. The first kappa shape index (κ1) is 21.0. The Balaban J connectivity index is 1.68. The standard InChI is InChI=1S/C23H21N3O6/c1-23(2)31-21(27)18(22(28)32-23)13-26(16-7-5-4-6-8-16)25-15-9-10-17(19(11-15)29-3)20-12-24-14-30-20/h4-14,25H,1-3H3. The number of methoxy groups -OCH3 is 1. The van der Waals surface area contributed by atoms with Crippen LogP contribution >= 0.6 is 0 Å². The third kappa shape index (κ3) is 4.41. The zero-order valence-electron chi connectivity index (χ0n) is 17.7. The Morgan fingerprint density at radius 3 is 2.41 bits per heavy atom. The van der Waals surface area contributed by atoms with Gasteiger partial charge in [-0.15, -0.1) is 0 Å². The summed E-state index contributed by atoms with van der Waals surface area (Å²) < 4.78 is 21.2. The molecule has 32 heavy (non-hydrogen) atoms. The Hall–Kier alpha value is -4.27. The van der Waals surface area contributed by atoms with E-state index in [9.17, 15) is 9.59 Å². The second kappa shape index (κ2) is 8.46. The van der Waals surface area contributed by atoms with Crippen molar-refractivity contribution in [2.75, 3.05) is 17.5 Å². The van der Waals surface area contributed by atoms with Crippen molar-refractivity contribution in [2.45, 2.75) is 19.6 Å². The first-order valence-electron chi connectivity index (χ1n) is 9.72. The van der Waals surface area contributed by atoms with Gasteiger partial charge in [0, 0.05) is 26.1 Å². The first-order chi connectivity index (χ1) is 15.4. The predicted molar refractivity (Wildman–Crippen MR) is 115 cm³/mol. The smallest absolute Gasteiger partial charge is 0.350 e. The van der Waals surface area contributed by atoms with Crippen LogP contribution in [0.3, 0.4) is 0 Å². The molecule has 0 atom stereocenters. The Morgan fingerprint density at radius 2 is 1.78 bits per heavy atom. The number of hydrazine groups is 1. The summed E-state index contributed by atoms with van der Waals surface area (Å²) in [5.41, 5.74) is 4.94. The van der Waals surface area contributed by atoms with Gasteiger partial charge in [-0.2, -0.15) is 0 Å². The number of hydrogen-bond donors (Lipinski definition) is 1. The molecule has 1 saturated heterocycles. The summed E-state index contributed by atoms with van der Waals surface area (Å²) in [4.78, 5) is 28.8. The van der Waals surface area contributed by atoms with Crippen molar-refractivity contribution in [2.24, 2.45) is 0 Å². The SMILES string of the molecule is COc1cc(NN(C=C2C(=O)OC(C)(C)OC2=O)c2ccccc2)ccc1-c1cnco1.